The number of guanidine groups is 1. The predicted molar refractivity (Wildman–Crippen MR) is 114 cm³/mol. The van der Waals surface area contributed by atoms with Gasteiger partial charge in [0.2, 0.25) is 0 Å². The number of aryl methyl sites for hydroxylation is 1. The number of carbonyl (C=O) groups excluding carboxylic acids is 1. The highest BCUT2D eigenvalue weighted by molar-refractivity contribution is 7.14. The molecule has 1 aliphatic heterocycles. The van der Waals surface area contributed by atoms with E-state index in [0.717, 1.165) is 50.7 Å². The van der Waals surface area contributed by atoms with Crippen LogP contribution in [0.2, 0.25) is 0 Å². The number of hydrogen-bond acceptors (Lipinski definition) is 5. The smallest absolute Gasteiger partial charge is 0.287 e. The molecule has 0 spiro atoms. The topological polar surface area (TPSA) is 73.1 Å². The number of amides is 1. The molecule has 0 bridgehead atoms. The zero-order chi connectivity index (χ0) is 19.8. The van der Waals surface area contributed by atoms with E-state index in [-0.39, 0.29) is 5.91 Å². The van der Waals surface area contributed by atoms with E-state index < -0.39 is 0 Å². The summed E-state index contributed by atoms with van der Waals surface area (Å²) in [4.78, 5) is 21.5. The Balaban J connectivity index is 1.43. The number of thiophene rings is 1. The van der Waals surface area contributed by atoms with Crippen molar-refractivity contribution in [2.45, 2.75) is 20.3 Å². The molecule has 3 heterocycles. The molecule has 3 rings (SSSR count). The lowest BCUT2D eigenvalue weighted by Gasteiger charge is -2.37. The fraction of sp³-hybridized carbons (Fsp3) is 0.500. The van der Waals surface area contributed by atoms with Crippen molar-refractivity contribution >= 4 is 28.2 Å². The van der Waals surface area contributed by atoms with Gasteiger partial charge in [0.15, 0.2) is 11.7 Å². The molecule has 1 aliphatic rings. The summed E-state index contributed by atoms with van der Waals surface area (Å²) in [5.74, 6) is 1.19. The van der Waals surface area contributed by atoms with E-state index in [9.17, 15) is 4.79 Å². The number of nitrogens with one attached hydrogen (secondary N) is 2. The van der Waals surface area contributed by atoms with E-state index in [2.05, 4.69) is 44.9 Å². The van der Waals surface area contributed by atoms with Gasteiger partial charge in [-0.1, -0.05) is 0 Å². The van der Waals surface area contributed by atoms with E-state index >= 15 is 0 Å². The zero-order valence-corrected chi connectivity index (χ0v) is 17.4. The van der Waals surface area contributed by atoms with Gasteiger partial charge in [-0.05, 0) is 43.8 Å². The highest BCUT2D eigenvalue weighted by atomic mass is 32.1. The Morgan fingerprint density at radius 2 is 2.07 bits per heavy atom. The van der Waals surface area contributed by atoms with E-state index in [1.807, 2.05) is 6.92 Å². The molecule has 0 saturated carbocycles. The Morgan fingerprint density at radius 3 is 2.71 bits per heavy atom. The molecule has 2 aromatic heterocycles. The number of nitrogens with zero attached hydrogens (tertiary/aromatic N) is 3. The van der Waals surface area contributed by atoms with E-state index in [1.165, 1.54) is 11.3 Å². The lowest BCUT2D eigenvalue weighted by Crippen LogP contribution is -2.52. The summed E-state index contributed by atoms with van der Waals surface area (Å²) < 4.78 is 5.21. The second-order valence-corrected chi connectivity index (χ2v) is 7.63. The molecular weight excluding hydrogens is 374 g/mol. The average Bonchev–Trinajstić information content (AvgIpc) is 3.39. The Hall–Kier alpha value is -2.48. The summed E-state index contributed by atoms with van der Waals surface area (Å²) in [5, 5.41) is 9.74. The third kappa shape index (κ3) is 5.28. The van der Waals surface area contributed by atoms with Crippen LogP contribution in [-0.4, -0.2) is 62.6 Å². The second-order valence-electron chi connectivity index (χ2n) is 6.70. The first-order chi connectivity index (χ1) is 13.7. The van der Waals surface area contributed by atoms with Gasteiger partial charge in [0.05, 0.1) is 11.3 Å². The van der Waals surface area contributed by atoms with Gasteiger partial charge >= 0.3 is 0 Å². The maximum Gasteiger partial charge on any atom is 0.287 e. The third-order valence-corrected chi connectivity index (χ3v) is 5.61. The van der Waals surface area contributed by atoms with Crippen LogP contribution >= 0.6 is 11.3 Å². The molecule has 0 atom stereocenters. The Bertz CT molecular complexity index is 763. The summed E-state index contributed by atoms with van der Waals surface area (Å²) in [5.41, 5.74) is 0.853. The number of piperazine rings is 1. The van der Waals surface area contributed by atoms with Crippen molar-refractivity contribution in [2.24, 2.45) is 4.99 Å². The van der Waals surface area contributed by atoms with Crippen molar-refractivity contribution in [1.82, 2.24) is 15.5 Å². The number of rotatable bonds is 7. The quantitative estimate of drug-likeness (QED) is 0.422. The lowest BCUT2D eigenvalue weighted by molar-refractivity contribution is 0.0925. The Labute approximate surface area is 170 Å². The summed E-state index contributed by atoms with van der Waals surface area (Å²) in [6.45, 7) is 9.97. The van der Waals surface area contributed by atoms with Crippen LogP contribution in [0.3, 0.4) is 0 Å². The minimum atomic E-state index is -0.164. The SMILES string of the molecule is CCNC(=NCCCNC(=O)c1occc1C)N1CCN(c2cccs2)CC1. The number of furan rings is 1. The molecule has 0 radical (unpaired) electrons. The molecule has 152 valence electrons. The summed E-state index contributed by atoms with van der Waals surface area (Å²) in [6, 6.07) is 6.07. The number of anilines is 1. The summed E-state index contributed by atoms with van der Waals surface area (Å²) in [6.07, 6.45) is 2.32. The maximum atomic E-state index is 12.0. The molecule has 2 N–H and O–H groups in total. The molecule has 1 saturated heterocycles. The van der Waals surface area contributed by atoms with Crippen molar-refractivity contribution in [2.75, 3.05) is 50.7 Å². The molecule has 1 fully saturated rings. The highest BCUT2D eigenvalue weighted by Crippen LogP contribution is 2.22. The van der Waals surface area contributed by atoms with Crippen LogP contribution < -0.4 is 15.5 Å². The van der Waals surface area contributed by atoms with Gasteiger partial charge in [-0.25, -0.2) is 0 Å². The van der Waals surface area contributed by atoms with Crippen LogP contribution in [-0.2, 0) is 0 Å². The van der Waals surface area contributed by atoms with Crippen LogP contribution in [0.25, 0.3) is 0 Å². The van der Waals surface area contributed by atoms with Gasteiger partial charge in [-0.2, -0.15) is 0 Å². The molecule has 0 unspecified atom stereocenters. The standard InChI is InChI=1S/C20H29N5O2S/c1-3-21-20(25-12-10-24(11-13-25)17-6-4-15-28-17)23-9-5-8-22-19(26)18-16(2)7-14-27-18/h4,6-7,14-15H,3,5,8-13H2,1-2H3,(H,21,23)(H,22,26). The van der Waals surface area contributed by atoms with Crippen LogP contribution in [0.4, 0.5) is 5.00 Å². The van der Waals surface area contributed by atoms with Crippen molar-refractivity contribution in [3.8, 4) is 0 Å². The molecule has 1 amide bonds. The van der Waals surface area contributed by atoms with E-state index in [4.69, 9.17) is 9.41 Å². The van der Waals surface area contributed by atoms with Gasteiger partial charge < -0.3 is 24.9 Å². The Morgan fingerprint density at radius 1 is 1.25 bits per heavy atom. The van der Waals surface area contributed by atoms with Crippen LogP contribution in [0, 0.1) is 6.92 Å². The predicted octanol–water partition coefficient (Wildman–Crippen LogP) is 2.56. The molecule has 8 heteroatoms. The lowest BCUT2D eigenvalue weighted by atomic mass is 10.2. The number of carbonyl (C=O) groups is 1. The van der Waals surface area contributed by atoms with Crippen LogP contribution in [0.1, 0.15) is 29.5 Å². The first-order valence-corrected chi connectivity index (χ1v) is 10.7. The fourth-order valence-corrected chi connectivity index (χ4v) is 3.95. The maximum absolute atomic E-state index is 12.0. The molecular formula is C20H29N5O2S. The molecule has 7 nitrogen and oxygen atoms in total. The van der Waals surface area contributed by atoms with Gasteiger partial charge in [-0.15, -0.1) is 11.3 Å². The molecule has 0 aromatic carbocycles. The molecule has 2 aromatic rings. The highest BCUT2D eigenvalue weighted by Gasteiger charge is 2.20. The van der Waals surface area contributed by atoms with Crippen LogP contribution in [0.15, 0.2) is 39.3 Å². The van der Waals surface area contributed by atoms with Gasteiger partial charge in [0.1, 0.15) is 0 Å². The van der Waals surface area contributed by atoms with Crippen LogP contribution in [0.5, 0.6) is 0 Å². The molecule has 28 heavy (non-hydrogen) atoms. The minimum absolute atomic E-state index is 0.164. The van der Waals surface area contributed by atoms with Crippen molar-refractivity contribution in [1.29, 1.82) is 0 Å². The van der Waals surface area contributed by atoms with Crippen molar-refractivity contribution < 1.29 is 9.21 Å². The first kappa shape index (κ1) is 20.3. The van der Waals surface area contributed by atoms with Gasteiger partial charge in [0.25, 0.3) is 5.91 Å². The number of aliphatic imine (C=N–C) groups is 1. The summed E-state index contributed by atoms with van der Waals surface area (Å²) in [7, 11) is 0. The third-order valence-electron chi connectivity index (χ3n) is 4.68. The fourth-order valence-electron chi connectivity index (χ4n) is 3.17. The molecule has 0 aliphatic carbocycles. The normalized spacial score (nSPS) is 15.0. The van der Waals surface area contributed by atoms with Crippen molar-refractivity contribution in [3.05, 3.63) is 41.2 Å². The Kier molecular flexibility index (Phi) is 7.36. The summed E-state index contributed by atoms with van der Waals surface area (Å²) >= 11 is 1.79. The van der Waals surface area contributed by atoms with E-state index in [0.29, 0.717) is 18.8 Å². The first-order valence-electron chi connectivity index (χ1n) is 9.83. The van der Waals surface area contributed by atoms with Crippen molar-refractivity contribution in [3.63, 3.8) is 0 Å². The number of hydrogen-bond donors (Lipinski definition) is 2. The largest absolute Gasteiger partial charge is 0.459 e. The average molecular weight is 404 g/mol. The van der Waals surface area contributed by atoms with Gasteiger partial charge in [-0.3, -0.25) is 9.79 Å². The minimum Gasteiger partial charge on any atom is -0.459 e. The van der Waals surface area contributed by atoms with E-state index in [1.54, 1.807) is 17.4 Å². The zero-order valence-electron chi connectivity index (χ0n) is 16.6. The van der Waals surface area contributed by atoms with Gasteiger partial charge in [0, 0.05) is 51.4 Å². The second kappa shape index (κ2) is 10.2. The monoisotopic (exact) mass is 403 g/mol.